The first-order chi connectivity index (χ1) is 11.7. The second-order valence-corrected chi connectivity index (χ2v) is 4.91. The number of pyridine rings is 1. The summed E-state index contributed by atoms with van der Waals surface area (Å²) in [5, 5.41) is 15.0. The molecule has 0 aliphatic heterocycles. The summed E-state index contributed by atoms with van der Waals surface area (Å²) >= 11 is 0. The number of hydrogen-bond acceptors (Lipinski definition) is 7. The molecule has 0 fully saturated rings. The number of hydrogen-bond donors (Lipinski definition) is 1. The van der Waals surface area contributed by atoms with Crippen LogP contribution in [0.15, 0.2) is 24.7 Å². The number of aromatic carboxylic acids is 1. The molecule has 130 valence electrons. The number of rotatable bonds is 3. The van der Waals surface area contributed by atoms with Gasteiger partial charge < -0.3 is 20.4 Å². The third-order valence-electron chi connectivity index (χ3n) is 3.45. The number of alkyl halides is 3. The molecule has 2 N–H and O–H groups in total. The van der Waals surface area contributed by atoms with Crippen molar-refractivity contribution in [1.29, 1.82) is 0 Å². The van der Waals surface area contributed by atoms with Gasteiger partial charge in [0, 0.05) is 11.8 Å². The summed E-state index contributed by atoms with van der Waals surface area (Å²) in [4.78, 5) is 18.5. The molecule has 0 amide bonds. The van der Waals surface area contributed by atoms with Gasteiger partial charge in [0.1, 0.15) is 11.8 Å². The van der Waals surface area contributed by atoms with E-state index in [-0.39, 0.29) is 41.8 Å². The van der Waals surface area contributed by atoms with Crippen LogP contribution in [0.4, 0.5) is 19.0 Å². The summed E-state index contributed by atoms with van der Waals surface area (Å²) in [6.45, 7) is 0. The van der Waals surface area contributed by atoms with Crippen LogP contribution in [0.3, 0.4) is 0 Å². The number of anilines is 1. The molecule has 26 heavy (non-hydrogen) atoms. The zero-order valence-electron chi connectivity index (χ0n) is 13.5. The van der Waals surface area contributed by atoms with E-state index in [1.807, 2.05) is 0 Å². The fourth-order valence-corrected chi connectivity index (χ4v) is 2.39. The van der Waals surface area contributed by atoms with Crippen molar-refractivity contribution in [2.75, 3.05) is 12.8 Å². The van der Waals surface area contributed by atoms with Crippen LogP contribution in [-0.4, -0.2) is 32.7 Å². The molecular weight excluding hydrogens is 350 g/mol. The van der Waals surface area contributed by atoms with Gasteiger partial charge >= 0.3 is 25.0 Å². The van der Waals surface area contributed by atoms with Gasteiger partial charge in [-0.1, -0.05) is 0 Å². The van der Waals surface area contributed by atoms with E-state index in [2.05, 4.69) is 15.1 Å². The van der Waals surface area contributed by atoms with Crippen molar-refractivity contribution in [1.82, 2.24) is 19.6 Å². The molecule has 0 unspecified atom stereocenters. The summed E-state index contributed by atoms with van der Waals surface area (Å²) in [6, 6.07) is 1.88. The number of methoxy groups -OCH3 is 1. The predicted octanol–water partition coefficient (Wildman–Crippen LogP) is -2.23. The summed E-state index contributed by atoms with van der Waals surface area (Å²) in [7, 11) is 1.21. The number of carboxylic acid groups (broad SMARTS) is 1. The normalized spacial score (nSPS) is 11.2. The van der Waals surface area contributed by atoms with Gasteiger partial charge in [-0.2, -0.15) is 18.3 Å². The van der Waals surface area contributed by atoms with E-state index in [1.165, 1.54) is 7.11 Å². The van der Waals surface area contributed by atoms with Crippen LogP contribution >= 0.6 is 0 Å². The molecule has 0 atom stereocenters. The third kappa shape index (κ3) is 3.18. The van der Waals surface area contributed by atoms with Gasteiger partial charge in [0.05, 0.1) is 29.9 Å². The monoisotopic (exact) mass is 359 g/mol. The first-order valence-electron chi connectivity index (χ1n) is 6.69. The minimum absolute atomic E-state index is 0. The van der Waals surface area contributed by atoms with Crippen LogP contribution < -0.4 is 34.4 Å². The average molecular weight is 359 g/mol. The fourth-order valence-electron chi connectivity index (χ4n) is 2.39. The van der Waals surface area contributed by atoms with E-state index in [0.29, 0.717) is 0 Å². The number of carbonyl (C=O) groups is 1. The van der Waals surface area contributed by atoms with Crippen LogP contribution in [-0.2, 0) is 6.18 Å². The SMILES string of the molecule is COc1ncc(-c2cc(C(F)(F)F)c3c(N)ncnn23)cc1C(=O)[O-].[Li+]. The molecule has 0 spiro atoms. The van der Waals surface area contributed by atoms with Gasteiger partial charge in [-0.05, 0) is 12.1 Å². The van der Waals surface area contributed by atoms with Gasteiger partial charge in [0.25, 0.3) is 0 Å². The second kappa shape index (κ2) is 6.85. The third-order valence-corrected chi connectivity index (χ3v) is 3.45. The van der Waals surface area contributed by atoms with Crippen molar-refractivity contribution in [3.63, 3.8) is 0 Å². The number of nitrogens with zero attached hydrogens (tertiary/aromatic N) is 4. The van der Waals surface area contributed by atoms with Gasteiger partial charge in [-0.15, -0.1) is 0 Å². The molecule has 12 heteroatoms. The smallest absolute Gasteiger partial charge is 0.545 e. The molecule has 0 aliphatic rings. The molecule has 3 heterocycles. The van der Waals surface area contributed by atoms with Crippen molar-refractivity contribution in [2.24, 2.45) is 0 Å². The molecule has 3 aromatic rings. The number of fused-ring (bicyclic) bond motifs is 1. The van der Waals surface area contributed by atoms with Crippen LogP contribution in [0.25, 0.3) is 16.8 Å². The summed E-state index contributed by atoms with van der Waals surface area (Å²) in [5.74, 6) is -2.18. The number of aromatic nitrogens is 4. The largest absolute Gasteiger partial charge is 1.00 e. The second-order valence-electron chi connectivity index (χ2n) is 4.91. The first kappa shape index (κ1) is 19.6. The molecule has 3 aromatic heterocycles. The maximum Gasteiger partial charge on any atom is 1.00 e. The molecule has 0 aliphatic carbocycles. The van der Waals surface area contributed by atoms with Gasteiger partial charge in [0.2, 0.25) is 5.88 Å². The summed E-state index contributed by atoms with van der Waals surface area (Å²) in [5.41, 5.74) is 3.66. The van der Waals surface area contributed by atoms with Crippen molar-refractivity contribution in [2.45, 2.75) is 6.18 Å². The van der Waals surface area contributed by atoms with Crippen LogP contribution in [0.5, 0.6) is 5.88 Å². The van der Waals surface area contributed by atoms with Crippen LogP contribution in [0.2, 0.25) is 0 Å². The standard InChI is InChI=1S/C14H10F3N5O3.Li/c1-25-12-7(13(23)24)2-6(4-19-12)9-3-8(14(15,16)17)10-11(18)20-5-21-22(9)10;/h2-5H,1H3,(H,23,24)(H2,18,20,21);/q;+1/p-1. The Bertz CT molecular complexity index is 990. The summed E-state index contributed by atoms with van der Waals surface area (Å²) < 4.78 is 45.6. The number of carbonyl (C=O) groups excluding carboxylic acids is 1. The topological polar surface area (TPSA) is 118 Å². The first-order valence-corrected chi connectivity index (χ1v) is 6.69. The number of nitrogens with two attached hydrogens (primary N) is 1. The number of halogens is 3. The molecular formula is C14H9F3LiN5O3. The molecule has 0 radical (unpaired) electrons. The van der Waals surface area contributed by atoms with E-state index < -0.39 is 28.8 Å². The summed E-state index contributed by atoms with van der Waals surface area (Å²) in [6.07, 6.45) is -2.56. The maximum atomic E-state index is 13.3. The Labute approximate surface area is 156 Å². The molecule has 0 aromatic carbocycles. The Morgan fingerprint density at radius 3 is 2.58 bits per heavy atom. The molecule has 0 saturated carbocycles. The van der Waals surface area contributed by atoms with Gasteiger partial charge in [-0.3, -0.25) is 0 Å². The van der Waals surface area contributed by atoms with Crippen molar-refractivity contribution >= 4 is 17.3 Å². The number of ether oxygens (including phenoxy) is 1. The molecule has 0 bridgehead atoms. The Morgan fingerprint density at radius 1 is 1.31 bits per heavy atom. The van der Waals surface area contributed by atoms with Gasteiger partial charge in [-0.25, -0.2) is 14.5 Å². The molecule has 8 nitrogen and oxygen atoms in total. The Balaban J connectivity index is 0.00000243. The van der Waals surface area contributed by atoms with E-state index in [9.17, 15) is 23.1 Å². The number of nitrogen functional groups attached to an aromatic ring is 1. The van der Waals surface area contributed by atoms with Crippen LogP contribution in [0, 0.1) is 0 Å². The maximum absolute atomic E-state index is 13.3. The van der Waals surface area contributed by atoms with Crippen LogP contribution in [0.1, 0.15) is 15.9 Å². The Morgan fingerprint density at radius 2 is 2.00 bits per heavy atom. The quantitative estimate of drug-likeness (QED) is 0.526. The van der Waals surface area contributed by atoms with Gasteiger partial charge in [0.15, 0.2) is 5.82 Å². The van der Waals surface area contributed by atoms with Crippen molar-refractivity contribution < 1.29 is 46.7 Å². The Hall–Kier alpha value is -2.77. The minimum Gasteiger partial charge on any atom is -0.545 e. The predicted molar refractivity (Wildman–Crippen MR) is 76.5 cm³/mol. The fraction of sp³-hybridized carbons (Fsp3) is 0.143. The van der Waals surface area contributed by atoms with E-state index in [4.69, 9.17) is 10.5 Å². The Kier molecular flexibility index (Phi) is 5.15. The van der Waals surface area contributed by atoms with Crippen molar-refractivity contribution in [3.05, 3.63) is 35.8 Å². The minimum atomic E-state index is -4.71. The van der Waals surface area contributed by atoms with Crippen molar-refractivity contribution in [3.8, 4) is 17.1 Å². The van der Waals surface area contributed by atoms with E-state index in [0.717, 1.165) is 29.2 Å². The van der Waals surface area contributed by atoms with E-state index in [1.54, 1.807) is 0 Å². The zero-order valence-corrected chi connectivity index (χ0v) is 13.5. The average Bonchev–Trinajstić information content (AvgIpc) is 2.95. The molecule has 0 saturated heterocycles. The number of carboxylic acids is 1. The zero-order chi connectivity index (χ0) is 18.4. The van der Waals surface area contributed by atoms with E-state index >= 15 is 0 Å². The molecule has 3 rings (SSSR count).